The van der Waals surface area contributed by atoms with Crippen molar-refractivity contribution in [2.45, 2.75) is 25.3 Å². The Morgan fingerprint density at radius 3 is 2.62 bits per heavy atom. The van der Waals surface area contributed by atoms with Crippen LogP contribution in [-0.2, 0) is 4.79 Å². The molecular formula is C26H29FN6O. The van der Waals surface area contributed by atoms with Crippen molar-refractivity contribution in [3.63, 3.8) is 0 Å². The number of carbonyl (C=O) groups is 1. The quantitative estimate of drug-likeness (QED) is 0.465. The van der Waals surface area contributed by atoms with Crippen LogP contribution < -0.4 is 0 Å². The molecule has 3 aromatic heterocycles. The number of halogens is 1. The molecule has 1 fully saturated rings. The number of pyridine rings is 1. The molecule has 1 aliphatic heterocycles. The predicted octanol–water partition coefficient (Wildman–Crippen LogP) is 4.35. The third kappa shape index (κ3) is 4.33. The Morgan fingerprint density at radius 1 is 1.12 bits per heavy atom. The maximum atomic E-state index is 13.6. The standard InChI is InChI=1S/C26H29FN6O/c1-31(2)14-11-23(34)32-15-9-20(10-16-32)33-17-30-24(18-3-5-19(27)6-4-18)25(33)21-7-12-28-26-22(21)8-13-29-26/h3-8,12-13,17,20H,9-11,14-16H2,1-2H3,(H,28,29). The van der Waals surface area contributed by atoms with E-state index in [0.29, 0.717) is 6.42 Å². The molecule has 0 spiro atoms. The highest BCUT2D eigenvalue weighted by molar-refractivity contribution is 5.95. The summed E-state index contributed by atoms with van der Waals surface area (Å²) < 4.78 is 15.9. The number of aromatic amines is 1. The van der Waals surface area contributed by atoms with Crippen LogP contribution in [0.25, 0.3) is 33.5 Å². The van der Waals surface area contributed by atoms with Gasteiger partial charge in [0.2, 0.25) is 5.91 Å². The first-order valence-electron chi connectivity index (χ1n) is 11.7. The van der Waals surface area contributed by atoms with E-state index in [4.69, 9.17) is 4.98 Å². The van der Waals surface area contributed by atoms with Crippen molar-refractivity contribution in [2.24, 2.45) is 0 Å². The van der Waals surface area contributed by atoms with Crippen LogP contribution in [0.4, 0.5) is 4.39 Å². The molecule has 0 radical (unpaired) electrons. The molecule has 34 heavy (non-hydrogen) atoms. The van der Waals surface area contributed by atoms with Crippen molar-refractivity contribution in [1.29, 1.82) is 0 Å². The number of nitrogens with one attached hydrogen (secondary N) is 1. The van der Waals surface area contributed by atoms with Crippen molar-refractivity contribution in [1.82, 2.24) is 29.3 Å². The number of aromatic nitrogens is 4. The molecule has 4 aromatic rings. The number of hydrogen-bond acceptors (Lipinski definition) is 4. The highest BCUT2D eigenvalue weighted by Crippen LogP contribution is 2.38. The molecule has 1 saturated heterocycles. The van der Waals surface area contributed by atoms with Gasteiger partial charge in [0.15, 0.2) is 0 Å². The number of carbonyl (C=O) groups excluding carboxylic acids is 1. The van der Waals surface area contributed by atoms with E-state index in [1.807, 2.05) is 48.6 Å². The Morgan fingerprint density at radius 2 is 1.88 bits per heavy atom. The van der Waals surface area contributed by atoms with E-state index in [-0.39, 0.29) is 17.8 Å². The number of fused-ring (bicyclic) bond motifs is 1. The fourth-order valence-corrected chi connectivity index (χ4v) is 4.76. The molecule has 8 heteroatoms. The molecule has 7 nitrogen and oxygen atoms in total. The van der Waals surface area contributed by atoms with Gasteiger partial charge in [-0.25, -0.2) is 14.4 Å². The SMILES string of the molecule is CN(C)CCC(=O)N1CCC(n2cnc(-c3ccc(F)cc3)c2-c2ccnc3[nH]ccc23)CC1. The lowest BCUT2D eigenvalue weighted by Crippen LogP contribution is -2.40. The molecule has 4 heterocycles. The van der Waals surface area contributed by atoms with Gasteiger partial charge in [-0.15, -0.1) is 0 Å². The van der Waals surface area contributed by atoms with Gasteiger partial charge in [0.1, 0.15) is 11.5 Å². The molecule has 0 aliphatic carbocycles. The number of piperidine rings is 1. The van der Waals surface area contributed by atoms with Gasteiger partial charge in [0.25, 0.3) is 0 Å². The Hall–Kier alpha value is -3.52. The summed E-state index contributed by atoms with van der Waals surface area (Å²) in [5.74, 6) is -0.0545. The van der Waals surface area contributed by atoms with Gasteiger partial charge in [-0.1, -0.05) is 0 Å². The van der Waals surface area contributed by atoms with Crippen LogP contribution in [0.3, 0.4) is 0 Å². The first-order valence-corrected chi connectivity index (χ1v) is 11.7. The van der Waals surface area contributed by atoms with Gasteiger partial charge in [0, 0.05) is 61.0 Å². The smallest absolute Gasteiger partial charge is 0.223 e. The fourth-order valence-electron chi connectivity index (χ4n) is 4.76. The number of nitrogens with zero attached hydrogens (tertiary/aromatic N) is 5. The van der Waals surface area contributed by atoms with Crippen LogP contribution in [0.5, 0.6) is 0 Å². The van der Waals surface area contributed by atoms with Gasteiger partial charge in [-0.05, 0) is 63.3 Å². The number of amides is 1. The zero-order valence-corrected chi connectivity index (χ0v) is 19.5. The van der Waals surface area contributed by atoms with Crippen molar-refractivity contribution >= 4 is 16.9 Å². The van der Waals surface area contributed by atoms with Crippen molar-refractivity contribution in [2.75, 3.05) is 33.7 Å². The third-order valence-electron chi connectivity index (χ3n) is 6.61. The molecule has 1 N–H and O–H groups in total. The van der Waals surface area contributed by atoms with Crippen LogP contribution >= 0.6 is 0 Å². The number of rotatable bonds is 6. The minimum absolute atomic E-state index is 0.216. The first kappa shape index (κ1) is 22.3. The lowest BCUT2D eigenvalue weighted by atomic mass is 10.00. The van der Waals surface area contributed by atoms with E-state index in [0.717, 1.165) is 66.0 Å². The lowest BCUT2D eigenvalue weighted by Gasteiger charge is -2.33. The van der Waals surface area contributed by atoms with E-state index < -0.39 is 0 Å². The van der Waals surface area contributed by atoms with Crippen molar-refractivity contribution in [3.8, 4) is 22.5 Å². The lowest BCUT2D eigenvalue weighted by molar-refractivity contribution is -0.132. The van der Waals surface area contributed by atoms with Crippen LogP contribution in [0.2, 0.25) is 0 Å². The molecule has 0 saturated carbocycles. The monoisotopic (exact) mass is 460 g/mol. The summed E-state index contributed by atoms with van der Waals surface area (Å²) in [6.07, 6.45) is 7.85. The number of H-pyrrole nitrogens is 1. The summed E-state index contributed by atoms with van der Waals surface area (Å²) in [6.45, 7) is 2.23. The van der Waals surface area contributed by atoms with E-state index in [9.17, 15) is 9.18 Å². The van der Waals surface area contributed by atoms with Gasteiger partial charge < -0.3 is 19.4 Å². The highest BCUT2D eigenvalue weighted by atomic mass is 19.1. The summed E-state index contributed by atoms with van der Waals surface area (Å²) in [4.78, 5) is 29.0. The van der Waals surface area contributed by atoms with E-state index in [2.05, 4.69) is 14.5 Å². The zero-order valence-electron chi connectivity index (χ0n) is 19.5. The summed E-state index contributed by atoms with van der Waals surface area (Å²) in [5, 5.41) is 1.02. The number of imidazole rings is 1. The molecule has 5 rings (SSSR count). The molecule has 1 aliphatic rings. The van der Waals surface area contributed by atoms with E-state index >= 15 is 0 Å². The number of hydrogen-bond donors (Lipinski definition) is 1. The Balaban J connectivity index is 1.48. The highest BCUT2D eigenvalue weighted by Gasteiger charge is 2.27. The average Bonchev–Trinajstić information content (AvgIpc) is 3.50. The van der Waals surface area contributed by atoms with Crippen molar-refractivity contribution in [3.05, 3.63) is 60.9 Å². The second-order valence-corrected chi connectivity index (χ2v) is 9.12. The molecular weight excluding hydrogens is 431 g/mol. The zero-order chi connectivity index (χ0) is 23.7. The third-order valence-corrected chi connectivity index (χ3v) is 6.61. The van der Waals surface area contributed by atoms with Gasteiger partial charge in [-0.2, -0.15) is 0 Å². The molecule has 1 aromatic carbocycles. The molecule has 176 valence electrons. The summed E-state index contributed by atoms with van der Waals surface area (Å²) >= 11 is 0. The Labute approximate surface area is 198 Å². The molecule has 0 unspecified atom stereocenters. The van der Waals surface area contributed by atoms with Crippen LogP contribution in [0.1, 0.15) is 25.3 Å². The van der Waals surface area contributed by atoms with Crippen LogP contribution in [-0.4, -0.2) is 69.0 Å². The second-order valence-electron chi connectivity index (χ2n) is 9.12. The second kappa shape index (κ2) is 9.38. The Bertz CT molecular complexity index is 1280. The molecule has 0 bridgehead atoms. The average molecular weight is 461 g/mol. The molecule has 1 amide bonds. The summed E-state index contributed by atoms with van der Waals surface area (Å²) in [5.41, 5.74) is 4.53. The number of likely N-dealkylation sites (tertiary alicyclic amines) is 1. The summed E-state index contributed by atoms with van der Waals surface area (Å²) in [7, 11) is 3.97. The van der Waals surface area contributed by atoms with Gasteiger partial charge in [-0.3, -0.25) is 4.79 Å². The largest absolute Gasteiger partial charge is 0.346 e. The van der Waals surface area contributed by atoms with Crippen molar-refractivity contribution < 1.29 is 9.18 Å². The normalized spacial score (nSPS) is 14.9. The predicted molar refractivity (Wildman–Crippen MR) is 131 cm³/mol. The summed E-state index contributed by atoms with van der Waals surface area (Å²) in [6, 6.07) is 10.7. The Kier molecular flexibility index (Phi) is 6.15. The van der Waals surface area contributed by atoms with Gasteiger partial charge >= 0.3 is 0 Å². The van der Waals surface area contributed by atoms with Crippen LogP contribution in [0, 0.1) is 5.82 Å². The minimum atomic E-state index is -0.270. The maximum absolute atomic E-state index is 13.6. The number of benzene rings is 1. The topological polar surface area (TPSA) is 70.1 Å². The van der Waals surface area contributed by atoms with E-state index in [1.165, 1.54) is 12.1 Å². The van der Waals surface area contributed by atoms with Crippen LogP contribution in [0.15, 0.2) is 55.1 Å². The fraction of sp³-hybridized carbons (Fsp3) is 0.346. The van der Waals surface area contributed by atoms with Gasteiger partial charge in [0.05, 0.1) is 17.7 Å². The minimum Gasteiger partial charge on any atom is -0.346 e. The first-order chi connectivity index (χ1) is 16.5. The molecule has 0 atom stereocenters. The van der Waals surface area contributed by atoms with E-state index in [1.54, 1.807) is 18.3 Å². The maximum Gasteiger partial charge on any atom is 0.223 e.